The van der Waals surface area contributed by atoms with Gasteiger partial charge in [0, 0.05) is 5.69 Å². The van der Waals surface area contributed by atoms with Crippen molar-refractivity contribution in [1.82, 2.24) is 0 Å². The predicted molar refractivity (Wildman–Crippen MR) is 94.3 cm³/mol. The van der Waals surface area contributed by atoms with Crippen molar-refractivity contribution in [1.29, 1.82) is 0 Å². The lowest BCUT2D eigenvalue weighted by atomic mass is 10.3. The maximum Gasteiger partial charge on any atom is 0.142 e. The Balaban J connectivity index is 1.42. The molecule has 0 aliphatic carbocycles. The molecule has 24 heavy (non-hydrogen) atoms. The quantitative estimate of drug-likeness (QED) is 0.485. The van der Waals surface area contributed by atoms with E-state index in [1.165, 1.54) is 0 Å². The van der Waals surface area contributed by atoms with Gasteiger partial charge in [-0.2, -0.15) is 0 Å². The fourth-order valence-electron chi connectivity index (χ4n) is 1.93. The molecule has 0 aliphatic heterocycles. The molecule has 130 valence electrons. The molecule has 0 fully saturated rings. The van der Waals surface area contributed by atoms with Crippen LogP contribution in [0.1, 0.15) is 0 Å². The summed E-state index contributed by atoms with van der Waals surface area (Å²) in [6, 6.07) is 14.6. The van der Waals surface area contributed by atoms with Crippen molar-refractivity contribution >= 4 is 11.4 Å². The van der Waals surface area contributed by atoms with Gasteiger partial charge in [-0.05, 0) is 36.4 Å². The molecule has 0 saturated carbocycles. The van der Waals surface area contributed by atoms with Crippen molar-refractivity contribution in [2.24, 2.45) is 0 Å². The van der Waals surface area contributed by atoms with Crippen LogP contribution in [-0.2, 0) is 9.47 Å². The number of rotatable bonds is 11. The van der Waals surface area contributed by atoms with E-state index >= 15 is 0 Å². The summed E-state index contributed by atoms with van der Waals surface area (Å²) in [5, 5.41) is 0. The van der Waals surface area contributed by atoms with Gasteiger partial charge in [-0.3, -0.25) is 0 Å². The molecule has 2 aromatic rings. The minimum absolute atomic E-state index is 0.453. The summed E-state index contributed by atoms with van der Waals surface area (Å²) in [6.07, 6.45) is 0. The van der Waals surface area contributed by atoms with Crippen molar-refractivity contribution in [2.75, 3.05) is 51.1 Å². The van der Waals surface area contributed by atoms with Crippen LogP contribution >= 0.6 is 0 Å². The average molecular weight is 332 g/mol. The van der Waals surface area contributed by atoms with Gasteiger partial charge in [-0.15, -0.1) is 0 Å². The Morgan fingerprint density at radius 1 is 0.625 bits per heavy atom. The number of nitrogens with two attached hydrogens (primary N) is 2. The molecule has 6 heteroatoms. The fourth-order valence-corrected chi connectivity index (χ4v) is 1.93. The van der Waals surface area contributed by atoms with Crippen molar-refractivity contribution in [2.45, 2.75) is 0 Å². The number of nitrogen functional groups attached to an aromatic ring is 2. The van der Waals surface area contributed by atoms with Crippen LogP contribution in [0.25, 0.3) is 0 Å². The average Bonchev–Trinajstić information content (AvgIpc) is 2.59. The highest BCUT2D eigenvalue weighted by Crippen LogP contribution is 2.19. The second kappa shape index (κ2) is 10.4. The van der Waals surface area contributed by atoms with Crippen LogP contribution in [0, 0.1) is 0 Å². The van der Waals surface area contributed by atoms with E-state index in [4.69, 9.17) is 30.4 Å². The highest BCUT2D eigenvalue weighted by molar-refractivity contribution is 5.51. The van der Waals surface area contributed by atoms with E-state index in [9.17, 15) is 0 Å². The first-order chi connectivity index (χ1) is 11.8. The Morgan fingerprint density at radius 2 is 1.21 bits per heavy atom. The molecule has 0 radical (unpaired) electrons. The van der Waals surface area contributed by atoms with Gasteiger partial charge in [0.1, 0.15) is 24.7 Å². The van der Waals surface area contributed by atoms with Gasteiger partial charge in [0.25, 0.3) is 0 Å². The van der Waals surface area contributed by atoms with Crippen LogP contribution in [-0.4, -0.2) is 39.6 Å². The van der Waals surface area contributed by atoms with Crippen molar-refractivity contribution in [3.63, 3.8) is 0 Å². The standard InChI is InChI=1S/C18H24N2O4/c19-15-5-7-16(8-6-15)23-13-11-21-9-10-22-12-14-24-18-4-2-1-3-17(18)20/h1-8H,9-14,19-20H2. The number of benzene rings is 2. The van der Waals surface area contributed by atoms with Crippen molar-refractivity contribution < 1.29 is 18.9 Å². The molecule has 0 unspecified atom stereocenters. The molecular formula is C18H24N2O4. The van der Waals surface area contributed by atoms with Crippen LogP contribution in [0.2, 0.25) is 0 Å². The summed E-state index contributed by atoms with van der Waals surface area (Å²) in [7, 11) is 0. The first kappa shape index (κ1) is 17.9. The molecule has 0 aromatic heterocycles. The van der Waals surface area contributed by atoms with Gasteiger partial charge in [0.2, 0.25) is 0 Å². The van der Waals surface area contributed by atoms with E-state index in [1.807, 2.05) is 30.3 Å². The third-order valence-corrected chi connectivity index (χ3v) is 3.15. The third-order valence-electron chi connectivity index (χ3n) is 3.15. The van der Waals surface area contributed by atoms with E-state index in [2.05, 4.69) is 0 Å². The van der Waals surface area contributed by atoms with Crippen LogP contribution in [0.4, 0.5) is 11.4 Å². The normalized spacial score (nSPS) is 10.5. The first-order valence-corrected chi connectivity index (χ1v) is 7.87. The molecule has 0 amide bonds. The molecule has 0 spiro atoms. The Bertz CT molecular complexity index is 590. The number of hydrogen-bond donors (Lipinski definition) is 2. The lowest BCUT2D eigenvalue weighted by molar-refractivity contribution is 0.0274. The maximum atomic E-state index is 5.78. The highest BCUT2D eigenvalue weighted by atomic mass is 16.6. The number of anilines is 2. The second-order valence-electron chi connectivity index (χ2n) is 5.03. The van der Waals surface area contributed by atoms with E-state index in [-0.39, 0.29) is 0 Å². The largest absolute Gasteiger partial charge is 0.491 e. The molecule has 0 aliphatic rings. The summed E-state index contributed by atoms with van der Waals surface area (Å²) in [4.78, 5) is 0. The molecule has 6 nitrogen and oxygen atoms in total. The first-order valence-electron chi connectivity index (χ1n) is 7.87. The van der Waals surface area contributed by atoms with E-state index in [0.29, 0.717) is 51.1 Å². The van der Waals surface area contributed by atoms with Crippen LogP contribution in [0.5, 0.6) is 11.5 Å². The molecule has 4 N–H and O–H groups in total. The number of hydrogen-bond acceptors (Lipinski definition) is 6. The summed E-state index contributed by atoms with van der Waals surface area (Å²) in [5.74, 6) is 1.46. The van der Waals surface area contributed by atoms with Gasteiger partial charge in [-0.1, -0.05) is 12.1 Å². The van der Waals surface area contributed by atoms with E-state index in [1.54, 1.807) is 18.2 Å². The Morgan fingerprint density at radius 3 is 1.88 bits per heavy atom. The lowest BCUT2D eigenvalue weighted by Gasteiger charge is -2.10. The predicted octanol–water partition coefficient (Wildman–Crippen LogP) is 2.34. The summed E-state index contributed by atoms with van der Waals surface area (Å²) in [5.41, 5.74) is 12.7. The van der Waals surface area contributed by atoms with Crippen molar-refractivity contribution in [3.05, 3.63) is 48.5 Å². The van der Waals surface area contributed by atoms with Gasteiger partial charge in [0.15, 0.2) is 0 Å². The molecular weight excluding hydrogens is 308 g/mol. The number of ether oxygens (including phenoxy) is 4. The van der Waals surface area contributed by atoms with Gasteiger partial charge in [-0.25, -0.2) is 0 Å². The lowest BCUT2D eigenvalue weighted by Crippen LogP contribution is -2.13. The zero-order valence-electron chi connectivity index (χ0n) is 13.6. The molecule has 0 heterocycles. The Hall–Kier alpha value is -2.44. The minimum atomic E-state index is 0.453. The van der Waals surface area contributed by atoms with Crippen molar-refractivity contribution in [3.8, 4) is 11.5 Å². The highest BCUT2D eigenvalue weighted by Gasteiger charge is 1.98. The third kappa shape index (κ3) is 6.76. The van der Waals surface area contributed by atoms with Gasteiger partial charge in [0.05, 0.1) is 32.1 Å². The number of para-hydroxylation sites is 2. The molecule has 0 bridgehead atoms. The van der Waals surface area contributed by atoms with E-state index in [0.717, 1.165) is 11.4 Å². The zero-order valence-corrected chi connectivity index (χ0v) is 13.6. The summed E-state index contributed by atoms with van der Waals surface area (Å²) >= 11 is 0. The molecule has 0 atom stereocenters. The molecule has 2 rings (SSSR count). The smallest absolute Gasteiger partial charge is 0.142 e. The monoisotopic (exact) mass is 332 g/mol. The summed E-state index contributed by atoms with van der Waals surface area (Å²) in [6.45, 7) is 2.95. The second-order valence-corrected chi connectivity index (χ2v) is 5.03. The fraction of sp³-hybridized carbons (Fsp3) is 0.333. The Kier molecular flexibility index (Phi) is 7.73. The zero-order chi connectivity index (χ0) is 17.0. The van der Waals surface area contributed by atoms with Gasteiger partial charge < -0.3 is 30.4 Å². The van der Waals surface area contributed by atoms with Crippen LogP contribution in [0.3, 0.4) is 0 Å². The molecule has 0 saturated heterocycles. The van der Waals surface area contributed by atoms with Crippen LogP contribution < -0.4 is 20.9 Å². The SMILES string of the molecule is Nc1ccc(OCCOCCOCCOc2ccccc2N)cc1. The van der Waals surface area contributed by atoms with E-state index < -0.39 is 0 Å². The Labute approximate surface area is 142 Å². The maximum absolute atomic E-state index is 5.78. The summed E-state index contributed by atoms with van der Waals surface area (Å²) < 4.78 is 21.9. The minimum Gasteiger partial charge on any atom is -0.491 e. The van der Waals surface area contributed by atoms with Crippen LogP contribution in [0.15, 0.2) is 48.5 Å². The topological polar surface area (TPSA) is 89.0 Å². The molecule has 2 aromatic carbocycles. The van der Waals surface area contributed by atoms with Gasteiger partial charge >= 0.3 is 0 Å².